The summed E-state index contributed by atoms with van der Waals surface area (Å²) in [6.07, 6.45) is 0. The number of nitrogen functional groups attached to an aromatic ring is 1. The number of hydrogen-bond acceptors (Lipinski definition) is 3. The molecular formula is C15H17FN2O. The van der Waals surface area contributed by atoms with E-state index < -0.39 is 0 Å². The monoisotopic (exact) mass is 260 g/mol. The van der Waals surface area contributed by atoms with Crippen molar-refractivity contribution in [1.82, 2.24) is 0 Å². The summed E-state index contributed by atoms with van der Waals surface area (Å²) in [5, 5.41) is 3.19. The SMILES string of the molecule is COc1ccc(CNc2ccc(F)cc2N)cc1C. The van der Waals surface area contributed by atoms with Gasteiger partial charge in [-0.1, -0.05) is 12.1 Å². The Labute approximate surface area is 112 Å². The van der Waals surface area contributed by atoms with Crippen molar-refractivity contribution < 1.29 is 9.13 Å². The molecule has 0 spiro atoms. The predicted molar refractivity (Wildman–Crippen MR) is 75.9 cm³/mol. The summed E-state index contributed by atoms with van der Waals surface area (Å²) >= 11 is 0. The zero-order valence-electron chi connectivity index (χ0n) is 11.0. The van der Waals surface area contributed by atoms with E-state index >= 15 is 0 Å². The Kier molecular flexibility index (Phi) is 3.90. The van der Waals surface area contributed by atoms with Crippen LogP contribution in [0.4, 0.5) is 15.8 Å². The number of methoxy groups -OCH3 is 1. The van der Waals surface area contributed by atoms with E-state index in [0.717, 1.165) is 22.6 Å². The van der Waals surface area contributed by atoms with Gasteiger partial charge in [0.15, 0.2) is 0 Å². The first-order valence-electron chi connectivity index (χ1n) is 6.02. The summed E-state index contributed by atoms with van der Waals surface area (Å²) in [7, 11) is 1.65. The molecule has 0 aliphatic carbocycles. The van der Waals surface area contributed by atoms with Gasteiger partial charge >= 0.3 is 0 Å². The lowest BCUT2D eigenvalue weighted by molar-refractivity contribution is 0.411. The maximum Gasteiger partial charge on any atom is 0.125 e. The van der Waals surface area contributed by atoms with Crippen LogP contribution < -0.4 is 15.8 Å². The van der Waals surface area contributed by atoms with Gasteiger partial charge in [0.25, 0.3) is 0 Å². The van der Waals surface area contributed by atoms with E-state index in [4.69, 9.17) is 10.5 Å². The maximum atomic E-state index is 12.9. The Morgan fingerprint density at radius 1 is 1.21 bits per heavy atom. The van der Waals surface area contributed by atoms with Crippen molar-refractivity contribution >= 4 is 11.4 Å². The first-order chi connectivity index (χ1) is 9.10. The second kappa shape index (κ2) is 5.61. The van der Waals surface area contributed by atoms with Crippen LogP contribution in [0.1, 0.15) is 11.1 Å². The topological polar surface area (TPSA) is 47.3 Å². The summed E-state index contributed by atoms with van der Waals surface area (Å²) in [5.41, 5.74) is 9.07. The molecule has 0 bridgehead atoms. The molecule has 2 rings (SSSR count). The number of rotatable bonds is 4. The highest BCUT2D eigenvalue weighted by molar-refractivity contribution is 5.65. The summed E-state index contributed by atoms with van der Waals surface area (Å²) in [5.74, 6) is 0.536. The minimum Gasteiger partial charge on any atom is -0.496 e. The molecule has 19 heavy (non-hydrogen) atoms. The fourth-order valence-corrected chi connectivity index (χ4v) is 1.94. The third-order valence-corrected chi connectivity index (χ3v) is 2.96. The molecule has 0 radical (unpaired) electrons. The van der Waals surface area contributed by atoms with Crippen molar-refractivity contribution in [1.29, 1.82) is 0 Å². The lowest BCUT2D eigenvalue weighted by Crippen LogP contribution is -2.03. The van der Waals surface area contributed by atoms with E-state index in [0.29, 0.717) is 12.2 Å². The number of nitrogens with one attached hydrogen (secondary N) is 1. The number of aryl methyl sites for hydroxylation is 1. The first kappa shape index (κ1) is 13.2. The fourth-order valence-electron chi connectivity index (χ4n) is 1.94. The highest BCUT2D eigenvalue weighted by Crippen LogP contribution is 2.22. The van der Waals surface area contributed by atoms with Crippen molar-refractivity contribution in [2.45, 2.75) is 13.5 Å². The molecule has 0 fully saturated rings. The van der Waals surface area contributed by atoms with Crippen molar-refractivity contribution in [3.05, 3.63) is 53.3 Å². The molecule has 4 heteroatoms. The highest BCUT2D eigenvalue weighted by Gasteiger charge is 2.02. The van der Waals surface area contributed by atoms with Crippen LogP contribution in [0, 0.1) is 12.7 Å². The summed E-state index contributed by atoms with van der Waals surface area (Å²) in [6, 6.07) is 10.3. The van der Waals surface area contributed by atoms with Crippen LogP contribution in [0.15, 0.2) is 36.4 Å². The molecule has 100 valence electrons. The van der Waals surface area contributed by atoms with Gasteiger partial charge in [-0.25, -0.2) is 4.39 Å². The van der Waals surface area contributed by atoms with E-state index in [1.807, 2.05) is 25.1 Å². The minimum atomic E-state index is -0.330. The normalized spacial score (nSPS) is 10.3. The van der Waals surface area contributed by atoms with Crippen LogP contribution in [0.2, 0.25) is 0 Å². The molecule has 3 N–H and O–H groups in total. The van der Waals surface area contributed by atoms with Crippen LogP contribution in [0.25, 0.3) is 0 Å². The average molecular weight is 260 g/mol. The smallest absolute Gasteiger partial charge is 0.125 e. The Morgan fingerprint density at radius 2 is 2.00 bits per heavy atom. The lowest BCUT2D eigenvalue weighted by atomic mass is 10.1. The molecule has 0 aliphatic heterocycles. The first-order valence-corrected chi connectivity index (χ1v) is 6.02. The molecule has 0 amide bonds. The Balaban J connectivity index is 2.08. The average Bonchev–Trinajstić information content (AvgIpc) is 2.38. The van der Waals surface area contributed by atoms with Gasteiger partial charge in [-0.15, -0.1) is 0 Å². The van der Waals surface area contributed by atoms with Crippen molar-refractivity contribution in [3.63, 3.8) is 0 Å². The number of ether oxygens (including phenoxy) is 1. The van der Waals surface area contributed by atoms with Gasteiger partial charge in [-0.3, -0.25) is 0 Å². The number of halogens is 1. The van der Waals surface area contributed by atoms with Gasteiger partial charge in [0.2, 0.25) is 0 Å². The Morgan fingerprint density at radius 3 is 2.63 bits per heavy atom. The van der Waals surface area contributed by atoms with E-state index in [-0.39, 0.29) is 5.82 Å². The van der Waals surface area contributed by atoms with Gasteiger partial charge in [-0.2, -0.15) is 0 Å². The number of hydrogen-bond donors (Lipinski definition) is 2. The second-order valence-electron chi connectivity index (χ2n) is 4.39. The van der Waals surface area contributed by atoms with Gasteiger partial charge in [0.1, 0.15) is 11.6 Å². The molecule has 0 aliphatic rings. The Hall–Kier alpha value is -2.23. The molecule has 2 aromatic carbocycles. The molecule has 0 heterocycles. The molecule has 3 nitrogen and oxygen atoms in total. The summed E-state index contributed by atoms with van der Waals surface area (Å²) in [4.78, 5) is 0. The van der Waals surface area contributed by atoms with E-state index in [1.165, 1.54) is 12.1 Å². The van der Waals surface area contributed by atoms with Crippen molar-refractivity contribution in [2.24, 2.45) is 0 Å². The molecule has 2 aromatic rings. The zero-order valence-corrected chi connectivity index (χ0v) is 11.0. The van der Waals surface area contributed by atoms with Crippen molar-refractivity contribution in [3.8, 4) is 5.75 Å². The fraction of sp³-hybridized carbons (Fsp3) is 0.200. The maximum absolute atomic E-state index is 12.9. The number of anilines is 2. The van der Waals surface area contributed by atoms with E-state index in [2.05, 4.69) is 5.32 Å². The predicted octanol–water partition coefficient (Wildman–Crippen LogP) is 3.34. The second-order valence-corrected chi connectivity index (χ2v) is 4.39. The lowest BCUT2D eigenvalue weighted by Gasteiger charge is -2.11. The quantitative estimate of drug-likeness (QED) is 0.829. The largest absolute Gasteiger partial charge is 0.496 e. The van der Waals surface area contributed by atoms with Crippen LogP contribution in [0.3, 0.4) is 0 Å². The summed E-state index contributed by atoms with van der Waals surface area (Å²) in [6.45, 7) is 2.62. The molecule has 0 saturated carbocycles. The molecule has 0 saturated heterocycles. The van der Waals surface area contributed by atoms with Crippen LogP contribution in [0.5, 0.6) is 5.75 Å². The number of nitrogens with two attached hydrogens (primary N) is 1. The van der Waals surface area contributed by atoms with E-state index in [9.17, 15) is 4.39 Å². The zero-order chi connectivity index (χ0) is 13.8. The van der Waals surface area contributed by atoms with Crippen LogP contribution >= 0.6 is 0 Å². The molecular weight excluding hydrogens is 243 g/mol. The van der Waals surface area contributed by atoms with Crippen molar-refractivity contribution in [2.75, 3.05) is 18.2 Å². The summed E-state index contributed by atoms with van der Waals surface area (Å²) < 4.78 is 18.1. The molecule has 0 unspecified atom stereocenters. The highest BCUT2D eigenvalue weighted by atomic mass is 19.1. The van der Waals surface area contributed by atoms with Gasteiger partial charge < -0.3 is 15.8 Å². The third-order valence-electron chi connectivity index (χ3n) is 2.96. The van der Waals surface area contributed by atoms with Crippen LogP contribution in [-0.2, 0) is 6.54 Å². The van der Waals surface area contributed by atoms with E-state index in [1.54, 1.807) is 13.2 Å². The standard InChI is InChI=1S/C15H17FN2O/c1-10-7-11(3-6-15(10)19-2)9-18-14-5-4-12(16)8-13(14)17/h3-8,18H,9,17H2,1-2H3. The van der Waals surface area contributed by atoms with Gasteiger partial charge in [0.05, 0.1) is 18.5 Å². The minimum absolute atomic E-state index is 0.330. The number of benzene rings is 2. The third kappa shape index (κ3) is 3.16. The Bertz CT molecular complexity index is 584. The van der Waals surface area contributed by atoms with Gasteiger partial charge in [0, 0.05) is 6.54 Å². The van der Waals surface area contributed by atoms with Gasteiger partial charge in [-0.05, 0) is 42.3 Å². The van der Waals surface area contributed by atoms with Crippen LogP contribution in [-0.4, -0.2) is 7.11 Å². The molecule has 0 atom stereocenters. The molecule has 0 aromatic heterocycles.